The van der Waals surface area contributed by atoms with Crippen LogP contribution in [0.1, 0.15) is 34.2 Å². The highest BCUT2D eigenvalue weighted by molar-refractivity contribution is 7.88. The second-order valence-electron chi connectivity index (χ2n) is 5.49. The largest absolute Gasteiger partial charge is 0.349 e. The summed E-state index contributed by atoms with van der Waals surface area (Å²) in [5.74, 6) is -0.407. The van der Waals surface area contributed by atoms with Gasteiger partial charge in [0.05, 0.1) is 11.3 Å². The van der Waals surface area contributed by atoms with Gasteiger partial charge < -0.3 is 9.88 Å². The van der Waals surface area contributed by atoms with E-state index in [9.17, 15) is 13.2 Å². The van der Waals surface area contributed by atoms with Crippen molar-refractivity contribution in [2.75, 3.05) is 5.32 Å². The minimum absolute atomic E-state index is 0.183. The summed E-state index contributed by atoms with van der Waals surface area (Å²) in [6, 6.07) is 8.46. The molecule has 0 aliphatic rings. The average molecular weight is 335 g/mol. The topological polar surface area (TPSA) is 94.2 Å². The lowest BCUT2D eigenvalue weighted by molar-refractivity contribution is 0.102. The number of hydrogen-bond acceptors (Lipinski definition) is 3. The Labute approximate surface area is 136 Å². The highest BCUT2D eigenvalue weighted by atomic mass is 32.2. The maximum atomic E-state index is 12.4. The predicted octanol–water partition coefficient (Wildman–Crippen LogP) is 2.17. The third-order valence-corrected chi connectivity index (χ3v) is 4.45. The van der Waals surface area contributed by atoms with Crippen molar-refractivity contribution in [3.8, 4) is 0 Å². The molecule has 7 heteroatoms. The van der Waals surface area contributed by atoms with Crippen LogP contribution in [-0.2, 0) is 22.3 Å². The van der Waals surface area contributed by atoms with E-state index >= 15 is 0 Å². The summed E-state index contributed by atoms with van der Waals surface area (Å²) in [6.07, 6.45) is 0. The van der Waals surface area contributed by atoms with Crippen molar-refractivity contribution in [2.45, 2.75) is 33.1 Å². The van der Waals surface area contributed by atoms with E-state index in [2.05, 4.69) is 9.88 Å². The summed E-state index contributed by atoms with van der Waals surface area (Å²) in [6.45, 7) is 6.73. The summed E-state index contributed by atoms with van der Waals surface area (Å²) in [5.41, 5.74) is 3.79. The molecule has 0 aliphatic heterocycles. The van der Waals surface area contributed by atoms with Crippen molar-refractivity contribution in [1.82, 2.24) is 4.57 Å². The summed E-state index contributed by atoms with van der Waals surface area (Å²) >= 11 is 0. The number of benzene rings is 1. The molecular formula is C16H21N3O3S. The number of aryl methyl sites for hydroxylation is 1. The quantitative estimate of drug-likeness (QED) is 0.876. The zero-order chi connectivity index (χ0) is 17.2. The lowest BCUT2D eigenvalue weighted by atomic mass is 10.2. The van der Waals surface area contributed by atoms with Crippen molar-refractivity contribution in [1.29, 1.82) is 0 Å². The minimum atomic E-state index is -3.56. The number of amides is 1. The predicted molar refractivity (Wildman–Crippen MR) is 90.8 cm³/mol. The van der Waals surface area contributed by atoms with Crippen molar-refractivity contribution < 1.29 is 13.2 Å². The Morgan fingerprint density at radius 3 is 2.30 bits per heavy atom. The van der Waals surface area contributed by atoms with Crippen LogP contribution in [0.15, 0.2) is 30.3 Å². The standard InChI is InChI=1S/C16H21N3O3S/c1-4-19-11(2)9-15(12(19)3)16(20)18-14-7-5-13(6-8-14)10-23(17,21)22/h5-9H,4,10H2,1-3H3,(H,18,20)(H2,17,21,22). The van der Waals surface area contributed by atoms with Crippen LogP contribution in [0.3, 0.4) is 0 Å². The van der Waals surface area contributed by atoms with Crippen LogP contribution < -0.4 is 10.5 Å². The van der Waals surface area contributed by atoms with E-state index in [1.807, 2.05) is 26.8 Å². The number of nitrogens with zero attached hydrogens (tertiary/aromatic N) is 1. The molecule has 124 valence electrons. The molecular weight excluding hydrogens is 314 g/mol. The number of nitrogens with one attached hydrogen (secondary N) is 1. The fourth-order valence-corrected chi connectivity index (χ4v) is 3.29. The molecule has 1 amide bonds. The van der Waals surface area contributed by atoms with Crippen LogP contribution >= 0.6 is 0 Å². The molecule has 0 saturated heterocycles. The number of aromatic nitrogens is 1. The first kappa shape index (κ1) is 17.2. The van der Waals surface area contributed by atoms with E-state index in [1.54, 1.807) is 24.3 Å². The molecule has 3 N–H and O–H groups in total. The molecule has 0 saturated carbocycles. The number of anilines is 1. The van der Waals surface area contributed by atoms with Gasteiger partial charge in [-0.15, -0.1) is 0 Å². The number of sulfonamides is 1. The number of carbonyl (C=O) groups excluding carboxylic acids is 1. The highest BCUT2D eigenvalue weighted by Crippen LogP contribution is 2.18. The van der Waals surface area contributed by atoms with E-state index in [0.717, 1.165) is 17.9 Å². The Morgan fingerprint density at radius 1 is 1.22 bits per heavy atom. The van der Waals surface area contributed by atoms with E-state index < -0.39 is 10.0 Å². The van der Waals surface area contributed by atoms with E-state index in [-0.39, 0.29) is 11.7 Å². The van der Waals surface area contributed by atoms with Gasteiger partial charge in [0, 0.05) is 23.6 Å². The monoisotopic (exact) mass is 335 g/mol. The lowest BCUT2D eigenvalue weighted by Crippen LogP contribution is -2.15. The maximum absolute atomic E-state index is 12.4. The van der Waals surface area contributed by atoms with Crippen molar-refractivity contribution >= 4 is 21.6 Å². The first-order valence-electron chi connectivity index (χ1n) is 7.28. The van der Waals surface area contributed by atoms with Crippen LogP contribution in [-0.4, -0.2) is 18.9 Å². The molecule has 0 aliphatic carbocycles. The van der Waals surface area contributed by atoms with Crippen LogP contribution in [0.25, 0.3) is 0 Å². The molecule has 0 bridgehead atoms. The zero-order valence-electron chi connectivity index (χ0n) is 13.5. The van der Waals surface area contributed by atoms with E-state index in [4.69, 9.17) is 5.14 Å². The Balaban J connectivity index is 2.15. The molecule has 2 aromatic rings. The lowest BCUT2D eigenvalue weighted by Gasteiger charge is -2.08. The molecule has 0 spiro atoms. The number of primary sulfonamides is 1. The third-order valence-electron chi connectivity index (χ3n) is 3.71. The molecule has 23 heavy (non-hydrogen) atoms. The molecule has 6 nitrogen and oxygen atoms in total. The fourth-order valence-electron chi connectivity index (χ4n) is 2.63. The van der Waals surface area contributed by atoms with Gasteiger partial charge >= 0.3 is 0 Å². The second-order valence-corrected chi connectivity index (χ2v) is 7.10. The Hall–Kier alpha value is -2.12. The summed E-state index contributed by atoms with van der Waals surface area (Å²) in [5, 5.41) is 7.83. The fraction of sp³-hybridized carbons (Fsp3) is 0.312. The summed E-state index contributed by atoms with van der Waals surface area (Å²) < 4.78 is 24.2. The highest BCUT2D eigenvalue weighted by Gasteiger charge is 2.15. The summed E-state index contributed by atoms with van der Waals surface area (Å²) in [4.78, 5) is 12.4. The third kappa shape index (κ3) is 4.20. The molecule has 1 heterocycles. The number of carbonyl (C=O) groups is 1. The van der Waals surface area contributed by atoms with Crippen LogP contribution in [0.2, 0.25) is 0 Å². The second kappa shape index (κ2) is 6.55. The van der Waals surface area contributed by atoms with Gasteiger partial charge in [-0.2, -0.15) is 0 Å². The van der Waals surface area contributed by atoms with Crippen molar-refractivity contribution in [3.05, 3.63) is 52.8 Å². The molecule has 0 unspecified atom stereocenters. The summed E-state index contributed by atoms with van der Waals surface area (Å²) in [7, 11) is -3.56. The van der Waals surface area contributed by atoms with Crippen LogP contribution in [0, 0.1) is 13.8 Å². The molecule has 2 rings (SSSR count). The SMILES string of the molecule is CCn1c(C)cc(C(=O)Nc2ccc(CS(N)(=O)=O)cc2)c1C. The number of rotatable bonds is 5. The van der Waals surface area contributed by atoms with Gasteiger partial charge in [-0.25, -0.2) is 13.6 Å². The van der Waals surface area contributed by atoms with Crippen LogP contribution in [0.4, 0.5) is 5.69 Å². The van der Waals surface area contributed by atoms with Gasteiger partial charge in [-0.05, 0) is 44.5 Å². The Kier molecular flexibility index (Phi) is 4.91. The van der Waals surface area contributed by atoms with Crippen molar-refractivity contribution in [2.24, 2.45) is 5.14 Å². The number of hydrogen-bond donors (Lipinski definition) is 2. The Bertz CT molecular complexity index is 821. The van der Waals surface area contributed by atoms with Gasteiger partial charge in [0.1, 0.15) is 0 Å². The minimum Gasteiger partial charge on any atom is -0.349 e. The van der Waals surface area contributed by atoms with Gasteiger partial charge in [-0.1, -0.05) is 12.1 Å². The first-order chi connectivity index (χ1) is 10.7. The van der Waals surface area contributed by atoms with Gasteiger partial charge in [0.2, 0.25) is 10.0 Å². The molecule has 1 aromatic carbocycles. The van der Waals surface area contributed by atoms with E-state index in [0.29, 0.717) is 16.8 Å². The van der Waals surface area contributed by atoms with Crippen LogP contribution in [0.5, 0.6) is 0 Å². The number of nitrogens with two attached hydrogens (primary N) is 1. The van der Waals surface area contributed by atoms with Gasteiger partial charge in [0.15, 0.2) is 0 Å². The van der Waals surface area contributed by atoms with Gasteiger partial charge in [0.25, 0.3) is 5.91 Å². The molecule has 1 aromatic heterocycles. The Morgan fingerprint density at radius 2 is 1.83 bits per heavy atom. The van der Waals surface area contributed by atoms with E-state index in [1.165, 1.54) is 0 Å². The molecule has 0 radical (unpaired) electrons. The maximum Gasteiger partial charge on any atom is 0.257 e. The van der Waals surface area contributed by atoms with Gasteiger partial charge in [-0.3, -0.25) is 4.79 Å². The average Bonchev–Trinajstić information content (AvgIpc) is 2.74. The normalized spacial score (nSPS) is 11.5. The first-order valence-corrected chi connectivity index (χ1v) is 9.00. The zero-order valence-corrected chi connectivity index (χ0v) is 14.3. The molecule has 0 atom stereocenters. The smallest absolute Gasteiger partial charge is 0.257 e. The molecule has 0 fully saturated rings. The van der Waals surface area contributed by atoms with Crippen molar-refractivity contribution in [3.63, 3.8) is 0 Å².